The van der Waals surface area contributed by atoms with Crippen LogP contribution in [0.2, 0.25) is 0 Å². The molecule has 3 heteroatoms. The highest BCUT2D eigenvalue weighted by molar-refractivity contribution is 5.46. The Hall–Kier alpha value is -1.06. The van der Waals surface area contributed by atoms with E-state index in [2.05, 4.69) is 45.4 Å². The second-order valence-corrected chi connectivity index (χ2v) is 7.04. The Morgan fingerprint density at radius 3 is 2.23 bits per heavy atom. The predicted molar refractivity (Wildman–Crippen MR) is 94.5 cm³/mol. The average Bonchev–Trinajstić information content (AvgIpc) is 2.52. The molecule has 0 atom stereocenters. The first-order chi connectivity index (χ1) is 10.8. The lowest BCUT2D eigenvalue weighted by Crippen LogP contribution is -2.71. The first-order valence-corrected chi connectivity index (χ1v) is 9.06. The maximum Gasteiger partial charge on any atom is 0.0366 e. The van der Waals surface area contributed by atoms with E-state index in [1.54, 1.807) is 0 Å². The van der Waals surface area contributed by atoms with E-state index in [1.807, 2.05) is 13.8 Å². The molecule has 0 aromatic heterocycles. The lowest BCUT2D eigenvalue weighted by atomic mass is 9.74. The summed E-state index contributed by atoms with van der Waals surface area (Å²) in [5, 5.41) is 3.42. The average molecular weight is 301 g/mol. The van der Waals surface area contributed by atoms with Crippen LogP contribution in [-0.2, 0) is 0 Å². The van der Waals surface area contributed by atoms with Crippen LogP contribution in [0.25, 0.3) is 0 Å². The molecule has 3 saturated heterocycles. The van der Waals surface area contributed by atoms with Crippen molar-refractivity contribution in [1.82, 2.24) is 10.2 Å². The van der Waals surface area contributed by atoms with Gasteiger partial charge < -0.3 is 15.1 Å². The third kappa shape index (κ3) is 3.31. The minimum Gasteiger partial charge on any atom is -0.372 e. The normalized spacial score (nSPS) is 24.2. The molecule has 0 saturated carbocycles. The molecule has 3 nitrogen and oxygen atoms in total. The lowest BCUT2D eigenvalue weighted by Gasteiger charge is -2.57. The molecule has 3 aliphatic heterocycles. The van der Waals surface area contributed by atoms with Crippen molar-refractivity contribution in [1.29, 1.82) is 0 Å². The van der Waals surface area contributed by atoms with Gasteiger partial charge in [0.2, 0.25) is 0 Å². The van der Waals surface area contributed by atoms with Gasteiger partial charge in [0.1, 0.15) is 0 Å². The molecule has 0 amide bonds. The van der Waals surface area contributed by atoms with E-state index in [1.165, 1.54) is 64.3 Å². The van der Waals surface area contributed by atoms with Crippen molar-refractivity contribution in [2.45, 2.75) is 26.7 Å². The van der Waals surface area contributed by atoms with Gasteiger partial charge in [-0.1, -0.05) is 32.0 Å². The zero-order chi connectivity index (χ0) is 15.4. The van der Waals surface area contributed by atoms with Crippen LogP contribution in [0.5, 0.6) is 0 Å². The maximum absolute atomic E-state index is 3.42. The third-order valence-electron chi connectivity index (χ3n) is 5.37. The fourth-order valence-electron chi connectivity index (χ4n) is 4.11. The largest absolute Gasteiger partial charge is 0.372 e. The summed E-state index contributed by atoms with van der Waals surface area (Å²) in [5.41, 5.74) is 2.08. The molecule has 0 radical (unpaired) electrons. The number of benzene rings is 1. The molecular formula is C19H31N3. The Kier molecular flexibility index (Phi) is 5.04. The molecule has 1 aromatic rings. The fraction of sp³-hybridized carbons (Fsp3) is 0.684. The Morgan fingerprint density at radius 1 is 1.05 bits per heavy atom. The van der Waals surface area contributed by atoms with Gasteiger partial charge >= 0.3 is 0 Å². The maximum atomic E-state index is 3.42. The van der Waals surface area contributed by atoms with Crippen molar-refractivity contribution >= 4 is 5.69 Å². The van der Waals surface area contributed by atoms with Crippen LogP contribution >= 0.6 is 0 Å². The highest BCUT2D eigenvalue weighted by Gasteiger charge is 2.47. The van der Waals surface area contributed by atoms with E-state index in [9.17, 15) is 0 Å². The van der Waals surface area contributed by atoms with E-state index in [4.69, 9.17) is 0 Å². The molecule has 3 fully saturated rings. The number of para-hydroxylation sites is 1. The van der Waals surface area contributed by atoms with Crippen LogP contribution in [0, 0.1) is 11.3 Å². The van der Waals surface area contributed by atoms with Crippen molar-refractivity contribution in [2.75, 3.05) is 50.7 Å². The summed E-state index contributed by atoms with van der Waals surface area (Å²) in [6.07, 6.45) is 2.72. The van der Waals surface area contributed by atoms with Gasteiger partial charge in [-0.2, -0.15) is 0 Å². The molecule has 3 heterocycles. The van der Waals surface area contributed by atoms with Gasteiger partial charge in [-0.3, -0.25) is 0 Å². The topological polar surface area (TPSA) is 18.5 Å². The third-order valence-corrected chi connectivity index (χ3v) is 5.37. The molecule has 1 spiro atoms. The van der Waals surface area contributed by atoms with Gasteiger partial charge in [-0.15, -0.1) is 0 Å². The zero-order valence-electron chi connectivity index (χ0n) is 14.2. The van der Waals surface area contributed by atoms with Crippen molar-refractivity contribution in [3.05, 3.63) is 30.3 Å². The highest BCUT2D eigenvalue weighted by atomic mass is 15.3. The lowest BCUT2D eigenvalue weighted by molar-refractivity contribution is -0.0485. The number of nitrogens with zero attached hydrogens (tertiary/aromatic N) is 2. The molecule has 4 rings (SSSR count). The minimum absolute atomic E-state index is 0.685. The summed E-state index contributed by atoms with van der Waals surface area (Å²) in [6, 6.07) is 10.9. The molecule has 0 bridgehead atoms. The fourth-order valence-corrected chi connectivity index (χ4v) is 4.11. The van der Waals surface area contributed by atoms with Crippen LogP contribution in [0.15, 0.2) is 30.3 Å². The monoisotopic (exact) mass is 301 g/mol. The van der Waals surface area contributed by atoms with Gasteiger partial charge in [-0.25, -0.2) is 0 Å². The second kappa shape index (κ2) is 7.01. The van der Waals surface area contributed by atoms with E-state index in [0.717, 1.165) is 5.92 Å². The summed E-state index contributed by atoms with van der Waals surface area (Å²) in [4.78, 5) is 5.23. The number of nitrogens with one attached hydrogen (secondary N) is 1. The van der Waals surface area contributed by atoms with Crippen molar-refractivity contribution < 1.29 is 0 Å². The van der Waals surface area contributed by atoms with Crippen LogP contribution < -0.4 is 10.2 Å². The van der Waals surface area contributed by atoms with Crippen LogP contribution in [0.4, 0.5) is 5.69 Å². The molecule has 0 unspecified atom stereocenters. The van der Waals surface area contributed by atoms with E-state index >= 15 is 0 Å². The quantitative estimate of drug-likeness (QED) is 0.926. The summed E-state index contributed by atoms with van der Waals surface area (Å²) in [6.45, 7) is 13.0. The number of rotatable bonds is 3. The SMILES string of the molecule is CC.c1ccc(N2CCC(CN3CC4(CNC4)C3)CC2)cc1. The van der Waals surface area contributed by atoms with Gasteiger partial charge in [-0.05, 0) is 30.9 Å². The van der Waals surface area contributed by atoms with Gasteiger partial charge in [0.25, 0.3) is 0 Å². The predicted octanol–water partition coefficient (Wildman–Crippen LogP) is 2.83. The summed E-state index contributed by atoms with van der Waals surface area (Å²) < 4.78 is 0. The molecule has 3 aliphatic rings. The van der Waals surface area contributed by atoms with Gasteiger partial charge in [0, 0.05) is 56.9 Å². The van der Waals surface area contributed by atoms with E-state index < -0.39 is 0 Å². The number of likely N-dealkylation sites (tertiary alicyclic amines) is 1. The number of hydrogen-bond acceptors (Lipinski definition) is 3. The Balaban J connectivity index is 0.000000693. The molecular weight excluding hydrogens is 270 g/mol. The van der Waals surface area contributed by atoms with Crippen molar-refractivity contribution in [3.63, 3.8) is 0 Å². The number of anilines is 1. The Labute approximate surface area is 135 Å². The van der Waals surface area contributed by atoms with Gasteiger partial charge in [0.15, 0.2) is 0 Å². The van der Waals surface area contributed by atoms with Gasteiger partial charge in [0.05, 0.1) is 0 Å². The first-order valence-electron chi connectivity index (χ1n) is 9.06. The Morgan fingerprint density at radius 2 is 1.68 bits per heavy atom. The van der Waals surface area contributed by atoms with Crippen LogP contribution in [0.1, 0.15) is 26.7 Å². The van der Waals surface area contributed by atoms with Crippen LogP contribution in [-0.4, -0.2) is 50.7 Å². The summed E-state index contributed by atoms with van der Waals surface area (Å²) in [7, 11) is 0. The molecule has 22 heavy (non-hydrogen) atoms. The molecule has 1 N–H and O–H groups in total. The number of piperidine rings is 1. The highest BCUT2D eigenvalue weighted by Crippen LogP contribution is 2.35. The van der Waals surface area contributed by atoms with Crippen molar-refractivity contribution in [3.8, 4) is 0 Å². The summed E-state index contributed by atoms with van der Waals surface area (Å²) in [5.74, 6) is 0.917. The summed E-state index contributed by atoms with van der Waals surface area (Å²) >= 11 is 0. The molecule has 1 aromatic carbocycles. The molecule has 122 valence electrons. The molecule has 0 aliphatic carbocycles. The van der Waals surface area contributed by atoms with E-state index in [-0.39, 0.29) is 0 Å². The van der Waals surface area contributed by atoms with Crippen molar-refractivity contribution in [2.24, 2.45) is 11.3 Å². The first kappa shape index (κ1) is 15.8. The Bertz CT molecular complexity index is 439. The smallest absolute Gasteiger partial charge is 0.0366 e. The van der Waals surface area contributed by atoms with E-state index in [0.29, 0.717) is 5.41 Å². The van der Waals surface area contributed by atoms with Crippen LogP contribution in [0.3, 0.4) is 0 Å². The zero-order valence-corrected chi connectivity index (χ0v) is 14.2. The number of hydrogen-bond donors (Lipinski definition) is 1. The standard InChI is InChI=1S/C17H25N3.C2H6/c1-2-4-16(5-3-1)20-8-6-15(7-9-20)10-19-13-17(14-19)11-18-12-17;1-2/h1-5,15,18H,6-14H2;1-2H3. The minimum atomic E-state index is 0.685. The second-order valence-electron chi connectivity index (χ2n) is 7.04.